The second kappa shape index (κ2) is 18.5. The summed E-state index contributed by atoms with van der Waals surface area (Å²) in [6, 6.07) is 40.1. The van der Waals surface area contributed by atoms with Crippen molar-refractivity contribution in [2.45, 2.75) is 0 Å². The van der Waals surface area contributed by atoms with Gasteiger partial charge in [-0.05, 0) is 34.8 Å². The SMILES string of the molecule is CSC(=[SH+])[N-]N=C(c1ccccc1)c1ccccc1.CSC(=[SH+])[N-]N=C(c1ccccc1)c1ccccc1.[Ni]. The van der Waals surface area contributed by atoms with Crippen LogP contribution in [0.3, 0.4) is 0 Å². The largest absolute Gasteiger partial charge is 0.519 e. The van der Waals surface area contributed by atoms with Gasteiger partial charge in [0.05, 0.1) is 11.4 Å². The van der Waals surface area contributed by atoms with Crippen molar-refractivity contribution >= 4 is 68.0 Å². The number of rotatable bonds is 6. The predicted molar refractivity (Wildman–Crippen MR) is 178 cm³/mol. The third-order valence-corrected chi connectivity index (χ3v) is 7.19. The number of thiol groups is 2. The number of benzene rings is 4. The quantitative estimate of drug-likeness (QED) is 0.0571. The smallest absolute Gasteiger partial charge is 0.174 e. The molecule has 39 heavy (non-hydrogen) atoms. The minimum absolute atomic E-state index is 0. The summed E-state index contributed by atoms with van der Waals surface area (Å²) < 4.78 is 1.29. The summed E-state index contributed by atoms with van der Waals surface area (Å²) >= 11 is 11.4. The molecule has 4 rings (SSSR count). The van der Waals surface area contributed by atoms with E-state index in [1.165, 1.54) is 23.5 Å². The topological polar surface area (TPSA) is 52.9 Å². The molecule has 0 saturated heterocycles. The Balaban J connectivity index is 0.000000267. The molecule has 0 spiro atoms. The minimum atomic E-state index is 0. The zero-order chi connectivity index (χ0) is 27.0. The molecule has 0 aliphatic heterocycles. The molecule has 0 heterocycles. The fraction of sp³-hybridized carbons (Fsp3) is 0.0667. The first-order valence-electron chi connectivity index (χ1n) is 11.6. The van der Waals surface area contributed by atoms with Crippen molar-refractivity contribution in [3.05, 3.63) is 154 Å². The van der Waals surface area contributed by atoms with Gasteiger partial charge in [0.15, 0.2) is 33.1 Å². The summed E-state index contributed by atoms with van der Waals surface area (Å²) in [5.41, 5.74) is 14.1. The molecule has 0 aromatic heterocycles. The Morgan fingerprint density at radius 1 is 0.487 bits per heavy atom. The molecule has 0 bridgehead atoms. The first kappa shape index (κ1) is 32.4. The minimum Gasteiger partial charge on any atom is -0.519 e. The molecule has 4 nitrogen and oxygen atoms in total. The van der Waals surface area contributed by atoms with Crippen molar-refractivity contribution in [2.24, 2.45) is 10.2 Å². The molecule has 0 unspecified atom stereocenters. The van der Waals surface area contributed by atoms with Crippen LogP contribution in [0.1, 0.15) is 22.3 Å². The Labute approximate surface area is 260 Å². The van der Waals surface area contributed by atoms with Gasteiger partial charge < -0.3 is 21.1 Å². The van der Waals surface area contributed by atoms with Crippen LogP contribution in [0, 0.1) is 0 Å². The number of hydrogen-bond donors (Lipinski definition) is 0. The number of hydrogen-bond acceptors (Lipinski definition) is 4. The second-order valence-corrected chi connectivity index (χ2v) is 10.6. The number of thioether (sulfide) groups is 2. The predicted octanol–water partition coefficient (Wildman–Crippen LogP) is 7.08. The van der Waals surface area contributed by atoms with Crippen molar-refractivity contribution in [2.75, 3.05) is 12.5 Å². The van der Waals surface area contributed by atoms with Crippen molar-refractivity contribution in [1.82, 2.24) is 0 Å². The van der Waals surface area contributed by atoms with E-state index < -0.39 is 0 Å². The van der Waals surface area contributed by atoms with Gasteiger partial charge in [0.25, 0.3) is 0 Å². The Hall–Kier alpha value is -2.81. The van der Waals surface area contributed by atoms with Crippen LogP contribution in [0.2, 0.25) is 0 Å². The van der Waals surface area contributed by atoms with Crippen LogP contribution in [0.15, 0.2) is 132 Å². The average Bonchev–Trinajstić information content (AvgIpc) is 2.99. The van der Waals surface area contributed by atoms with Gasteiger partial charge in [-0.25, -0.2) is 0 Å². The average molecular weight is 632 g/mol. The molecule has 202 valence electrons. The van der Waals surface area contributed by atoms with Crippen LogP contribution in [0.4, 0.5) is 0 Å². The third-order valence-electron chi connectivity index (χ3n) is 5.03. The zero-order valence-electron chi connectivity index (χ0n) is 21.4. The molecule has 0 radical (unpaired) electrons. The zero-order valence-corrected chi connectivity index (χ0v) is 25.8. The van der Waals surface area contributed by atoms with Crippen LogP contribution in [-0.4, -0.2) is 32.6 Å². The normalized spacial score (nSPS) is 9.49. The summed E-state index contributed by atoms with van der Waals surface area (Å²) in [4.78, 5) is 0. The van der Waals surface area contributed by atoms with Crippen LogP contribution in [0.25, 0.3) is 10.9 Å². The van der Waals surface area contributed by atoms with Crippen molar-refractivity contribution in [3.8, 4) is 0 Å². The Bertz CT molecular complexity index is 1160. The van der Waals surface area contributed by atoms with E-state index in [0.29, 0.717) is 8.64 Å². The van der Waals surface area contributed by atoms with Gasteiger partial charge in [-0.1, -0.05) is 145 Å². The van der Waals surface area contributed by atoms with Gasteiger partial charge in [-0.15, -0.1) is 0 Å². The van der Waals surface area contributed by atoms with E-state index in [0.717, 1.165) is 33.7 Å². The Kier molecular flexibility index (Phi) is 15.4. The molecular weight excluding hydrogens is 603 g/mol. The van der Waals surface area contributed by atoms with Crippen LogP contribution >= 0.6 is 23.5 Å². The summed E-state index contributed by atoms with van der Waals surface area (Å²) in [7, 11) is 0. The summed E-state index contributed by atoms with van der Waals surface area (Å²) in [5, 5.41) is 8.68. The number of nitrogens with zero attached hydrogens (tertiary/aromatic N) is 4. The van der Waals surface area contributed by atoms with E-state index >= 15 is 0 Å². The van der Waals surface area contributed by atoms with E-state index in [-0.39, 0.29) is 16.5 Å². The fourth-order valence-corrected chi connectivity index (χ4v) is 3.55. The van der Waals surface area contributed by atoms with E-state index in [2.05, 4.69) is 45.5 Å². The first-order valence-corrected chi connectivity index (χ1v) is 15.0. The Morgan fingerprint density at radius 2 is 0.718 bits per heavy atom. The molecule has 0 atom stereocenters. The van der Waals surface area contributed by atoms with Gasteiger partial charge in [0.1, 0.15) is 0 Å². The first-order chi connectivity index (χ1) is 18.6. The van der Waals surface area contributed by atoms with E-state index in [4.69, 9.17) is 0 Å². The molecule has 4 aromatic carbocycles. The van der Waals surface area contributed by atoms with Gasteiger partial charge in [-0.2, -0.15) is 0 Å². The van der Waals surface area contributed by atoms with Gasteiger partial charge in [0.2, 0.25) is 0 Å². The second-order valence-electron chi connectivity index (χ2n) is 7.53. The van der Waals surface area contributed by atoms with Gasteiger partial charge >= 0.3 is 0 Å². The molecule has 0 amide bonds. The summed E-state index contributed by atoms with van der Waals surface area (Å²) in [6.45, 7) is 0. The molecular formula is C30H28N4NiS4. The van der Waals surface area contributed by atoms with Crippen molar-refractivity contribution in [3.63, 3.8) is 0 Å². The molecule has 4 aromatic rings. The van der Waals surface area contributed by atoms with Crippen molar-refractivity contribution in [1.29, 1.82) is 0 Å². The molecule has 0 aliphatic rings. The van der Waals surface area contributed by atoms with Gasteiger partial charge in [0, 0.05) is 16.5 Å². The summed E-state index contributed by atoms with van der Waals surface area (Å²) in [5.74, 6) is 0. The van der Waals surface area contributed by atoms with Crippen molar-refractivity contribution < 1.29 is 16.5 Å². The molecule has 0 N–H and O–H groups in total. The van der Waals surface area contributed by atoms with E-state index in [1.807, 2.05) is 134 Å². The molecule has 0 fully saturated rings. The third kappa shape index (κ3) is 11.1. The maximum atomic E-state index is 4.34. The maximum Gasteiger partial charge on any atom is 0.174 e. The van der Waals surface area contributed by atoms with Crippen LogP contribution in [-0.2, 0) is 40.9 Å². The maximum absolute atomic E-state index is 4.34. The fourth-order valence-electron chi connectivity index (χ4n) is 3.22. The van der Waals surface area contributed by atoms with Gasteiger partial charge in [-0.3, -0.25) is 0 Å². The standard InChI is InChI=1S/2C15H14N2S2.Ni/c2*1-19-15(18)17-16-14(12-8-4-2-5-9-12)13-10-6-3-7-11-13;/h2*2-11H,1H3,(H,17,18);. The molecule has 0 saturated carbocycles. The van der Waals surface area contributed by atoms with Crippen LogP contribution < -0.4 is 0 Å². The monoisotopic (exact) mass is 630 g/mol. The molecule has 0 aliphatic carbocycles. The van der Waals surface area contributed by atoms with Crippen LogP contribution in [0.5, 0.6) is 0 Å². The summed E-state index contributed by atoms with van der Waals surface area (Å²) in [6.07, 6.45) is 3.85. The van der Waals surface area contributed by atoms with E-state index in [9.17, 15) is 0 Å². The molecule has 9 heteroatoms. The van der Waals surface area contributed by atoms with E-state index in [1.54, 1.807) is 0 Å². The Morgan fingerprint density at radius 3 is 0.923 bits per heavy atom.